The van der Waals surface area contributed by atoms with Gasteiger partial charge >= 0.3 is 0 Å². The topological polar surface area (TPSA) is 24.5 Å². The van der Waals surface area contributed by atoms with Crippen LogP contribution in [-0.2, 0) is 4.74 Å². The Morgan fingerprint density at radius 3 is 2.58 bits per heavy atom. The highest BCUT2D eigenvalue weighted by Gasteiger charge is 2.17. The lowest BCUT2D eigenvalue weighted by Crippen LogP contribution is -2.39. The average Bonchev–Trinajstić information content (AvgIpc) is 2.48. The highest BCUT2D eigenvalue weighted by Crippen LogP contribution is 2.17. The molecule has 0 saturated carbocycles. The van der Waals surface area contributed by atoms with Gasteiger partial charge in [-0.05, 0) is 31.5 Å². The van der Waals surface area contributed by atoms with E-state index in [2.05, 4.69) is 40.5 Å². The third-order valence-corrected chi connectivity index (χ3v) is 3.79. The van der Waals surface area contributed by atoms with E-state index in [1.165, 1.54) is 37.9 Å². The summed E-state index contributed by atoms with van der Waals surface area (Å²) in [4.78, 5) is 2.58. The van der Waals surface area contributed by atoms with E-state index in [1.54, 1.807) is 7.11 Å². The maximum atomic E-state index is 5.14. The molecule has 1 aromatic carbocycles. The van der Waals surface area contributed by atoms with Crippen molar-refractivity contribution in [1.29, 1.82) is 0 Å². The van der Waals surface area contributed by atoms with E-state index >= 15 is 0 Å². The highest BCUT2D eigenvalue weighted by atomic mass is 16.5. The second-order valence-electron chi connectivity index (χ2n) is 5.27. The minimum absolute atomic E-state index is 0.412. The first-order valence-corrected chi connectivity index (χ1v) is 7.40. The second-order valence-corrected chi connectivity index (χ2v) is 5.27. The van der Waals surface area contributed by atoms with E-state index in [-0.39, 0.29) is 0 Å². The van der Waals surface area contributed by atoms with Crippen LogP contribution in [0.25, 0.3) is 0 Å². The van der Waals surface area contributed by atoms with Gasteiger partial charge in [-0.3, -0.25) is 0 Å². The number of rotatable bonds is 7. The summed E-state index contributed by atoms with van der Waals surface area (Å²) in [6, 6.07) is 11.2. The first-order valence-electron chi connectivity index (χ1n) is 7.40. The van der Waals surface area contributed by atoms with Crippen LogP contribution in [0.15, 0.2) is 30.3 Å². The Bertz CT molecular complexity index is 336. The van der Waals surface area contributed by atoms with Crippen LogP contribution in [0.1, 0.15) is 30.9 Å². The molecule has 1 aliphatic heterocycles. The van der Waals surface area contributed by atoms with Crippen molar-refractivity contribution < 1.29 is 4.74 Å². The van der Waals surface area contributed by atoms with Crippen molar-refractivity contribution in [1.82, 2.24) is 10.2 Å². The number of nitrogens with zero attached hydrogens (tertiary/aromatic N) is 1. The number of piperidine rings is 1. The molecule has 0 radical (unpaired) electrons. The van der Waals surface area contributed by atoms with Gasteiger partial charge in [-0.1, -0.05) is 36.8 Å². The van der Waals surface area contributed by atoms with Crippen LogP contribution in [0, 0.1) is 0 Å². The summed E-state index contributed by atoms with van der Waals surface area (Å²) in [5.41, 5.74) is 1.38. The Morgan fingerprint density at radius 1 is 1.16 bits per heavy atom. The predicted octanol–water partition coefficient (Wildman–Crippen LogP) is 2.45. The number of ether oxygens (including phenoxy) is 1. The number of likely N-dealkylation sites (tertiary alicyclic amines) is 1. The van der Waals surface area contributed by atoms with Crippen LogP contribution in [-0.4, -0.2) is 44.8 Å². The van der Waals surface area contributed by atoms with Crippen LogP contribution < -0.4 is 5.32 Å². The van der Waals surface area contributed by atoms with Crippen molar-refractivity contribution in [3.05, 3.63) is 35.9 Å². The van der Waals surface area contributed by atoms with E-state index in [0.29, 0.717) is 6.04 Å². The van der Waals surface area contributed by atoms with Gasteiger partial charge < -0.3 is 15.0 Å². The van der Waals surface area contributed by atoms with Crippen LogP contribution in [0.5, 0.6) is 0 Å². The SMILES string of the molecule is COCCN[C@@H](CN1CCCCC1)c1ccccc1. The lowest BCUT2D eigenvalue weighted by atomic mass is 10.0. The minimum atomic E-state index is 0.412. The molecule has 106 valence electrons. The molecule has 3 heteroatoms. The maximum Gasteiger partial charge on any atom is 0.0587 e. The van der Waals surface area contributed by atoms with E-state index < -0.39 is 0 Å². The van der Waals surface area contributed by atoms with Gasteiger partial charge in [0.1, 0.15) is 0 Å². The summed E-state index contributed by atoms with van der Waals surface area (Å²) in [7, 11) is 1.75. The van der Waals surface area contributed by atoms with Crippen LogP contribution in [0.3, 0.4) is 0 Å². The van der Waals surface area contributed by atoms with Gasteiger partial charge in [0, 0.05) is 26.2 Å². The molecule has 1 aliphatic rings. The van der Waals surface area contributed by atoms with E-state index in [4.69, 9.17) is 4.74 Å². The minimum Gasteiger partial charge on any atom is -0.383 e. The molecule has 19 heavy (non-hydrogen) atoms. The average molecular weight is 262 g/mol. The fraction of sp³-hybridized carbons (Fsp3) is 0.625. The Morgan fingerprint density at radius 2 is 1.89 bits per heavy atom. The first kappa shape index (κ1) is 14.5. The van der Waals surface area contributed by atoms with Gasteiger partial charge in [-0.15, -0.1) is 0 Å². The Kier molecular flexibility index (Phi) is 6.34. The third-order valence-electron chi connectivity index (χ3n) is 3.79. The monoisotopic (exact) mass is 262 g/mol. The van der Waals surface area contributed by atoms with Gasteiger partial charge in [0.15, 0.2) is 0 Å². The second kappa shape index (κ2) is 8.31. The standard InChI is InChI=1S/C16H26N2O/c1-19-13-10-17-16(15-8-4-2-5-9-15)14-18-11-6-3-7-12-18/h2,4-5,8-9,16-17H,3,6-7,10-14H2,1H3/t16-/m0/s1. The van der Waals surface area contributed by atoms with Gasteiger partial charge in [0.25, 0.3) is 0 Å². The first-order chi connectivity index (χ1) is 9.40. The highest BCUT2D eigenvalue weighted by molar-refractivity contribution is 5.19. The van der Waals surface area contributed by atoms with Crippen molar-refractivity contribution in [2.24, 2.45) is 0 Å². The van der Waals surface area contributed by atoms with Gasteiger partial charge in [0.2, 0.25) is 0 Å². The zero-order valence-corrected chi connectivity index (χ0v) is 12.0. The van der Waals surface area contributed by atoms with E-state index in [1.807, 2.05) is 0 Å². The molecule has 0 bridgehead atoms. The van der Waals surface area contributed by atoms with Crippen molar-refractivity contribution in [2.45, 2.75) is 25.3 Å². The molecule has 1 N–H and O–H groups in total. The zero-order valence-electron chi connectivity index (χ0n) is 12.0. The largest absolute Gasteiger partial charge is 0.383 e. The lowest BCUT2D eigenvalue weighted by molar-refractivity contribution is 0.178. The molecule has 1 aromatic rings. The number of benzene rings is 1. The van der Waals surface area contributed by atoms with Gasteiger partial charge in [-0.25, -0.2) is 0 Å². The number of hydrogen-bond acceptors (Lipinski definition) is 3. The zero-order chi connectivity index (χ0) is 13.3. The summed E-state index contributed by atoms with van der Waals surface area (Å²) in [5.74, 6) is 0. The molecular weight excluding hydrogens is 236 g/mol. The maximum absolute atomic E-state index is 5.14. The third kappa shape index (κ3) is 4.94. The smallest absolute Gasteiger partial charge is 0.0587 e. The summed E-state index contributed by atoms with van der Waals surface area (Å²) < 4.78 is 5.14. The van der Waals surface area contributed by atoms with Crippen LogP contribution >= 0.6 is 0 Å². The number of methoxy groups -OCH3 is 1. The Labute approximate surface area is 116 Å². The quantitative estimate of drug-likeness (QED) is 0.764. The fourth-order valence-electron chi connectivity index (χ4n) is 2.71. The Hall–Kier alpha value is -0.900. The molecule has 2 rings (SSSR count). The molecule has 1 saturated heterocycles. The summed E-state index contributed by atoms with van der Waals surface area (Å²) in [6.45, 7) is 5.27. The van der Waals surface area contributed by atoms with Crippen LogP contribution in [0.4, 0.5) is 0 Å². The molecular formula is C16H26N2O. The summed E-state index contributed by atoms with van der Waals surface area (Å²) in [5, 5.41) is 3.62. The molecule has 0 unspecified atom stereocenters. The Balaban J connectivity index is 1.92. The van der Waals surface area contributed by atoms with Crippen molar-refractivity contribution in [3.63, 3.8) is 0 Å². The normalized spacial score (nSPS) is 18.4. The molecule has 0 spiro atoms. The molecule has 0 aliphatic carbocycles. The molecule has 1 fully saturated rings. The lowest BCUT2D eigenvalue weighted by Gasteiger charge is -2.31. The number of hydrogen-bond donors (Lipinski definition) is 1. The van der Waals surface area contributed by atoms with Crippen molar-refractivity contribution >= 4 is 0 Å². The molecule has 3 nitrogen and oxygen atoms in total. The van der Waals surface area contributed by atoms with Crippen molar-refractivity contribution in [2.75, 3.05) is 39.9 Å². The molecule has 0 aromatic heterocycles. The summed E-state index contributed by atoms with van der Waals surface area (Å²) >= 11 is 0. The van der Waals surface area contributed by atoms with E-state index in [0.717, 1.165) is 19.7 Å². The fourth-order valence-corrected chi connectivity index (χ4v) is 2.71. The van der Waals surface area contributed by atoms with Crippen molar-refractivity contribution in [3.8, 4) is 0 Å². The van der Waals surface area contributed by atoms with Crippen LogP contribution in [0.2, 0.25) is 0 Å². The predicted molar refractivity (Wildman–Crippen MR) is 79.4 cm³/mol. The molecule has 1 heterocycles. The summed E-state index contributed by atoms with van der Waals surface area (Å²) in [6.07, 6.45) is 4.09. The van der Waals surface area contributed by atoms with Gasteiger partial charge in [0.05, 0.1) is 6.61 Å². The molecule has 1 atom stereocenters. The van der Waals surface area contributed by atoms with Gasteiger partial charge in [-0.2, -0.15) is 0 Å². The molecule has 0 amide bonds. The van der Waals surface area contributed by atoms with E-state index in [9.17, 15) is 0 Å². The number of nitrogens with one attached hydrogen (secondary N) is 1.